The Bertz CT molecular complexity index is 1370. The van der Waals surface area contributed by atoms with Crippen LogP contribution in [0.15, 0.2) is 47.9 Å². The molecule has 4 amide bonds. The molecule has 0 radical (unpaired) electrons. The van der Waals surface area contributed by atoms with E-state index >= 15 is 0 Å². The summed E-state index contributed by atoms with van der Waals surface area (Å²) in [5.41, 5.74) is -1.36. The fourth-order valence-electron chi connectivity index (χ4n) is 5.49. The zero-order valence-electron chi connectivity index (χ0n) is 25.0. The largest absolute Gasteiger partial charge is 0.436 e. The van der Waals surface area contributed by atoms with E-state index < -0.39 is 63.0 Å². The van der Waals surface area contributed by atoms with E-state index in [0.717, 1.165) is 18.2 Å². The summed E-state index contributed by atoms with van der Waals surface area (Å²) in [6.07, 6.45) is 7.88. The summed E-state index contributed by atoms with van der Waals surface area (Å²) in [6.45, 7) is 5.73. The first-order valence-corrected chi connectivity index (χ1v) is 16.4. The van der Waals surface area contributed by atoms with Crippen molar-refractivity contribution in [2.75, 3.05) is 6.54 Å². The minimum atomic E-state index is -4.16. The number of hydrogen-bond acceptors (Lipinski definition) is 7. The molecule has 1 saturated carbocycles. The second-order valence-corrected chi connectivity index (χ2v) is 14.1. The average Bonchev–Trinajstić information content (AvgIpc) is 3.39. The van der Waals surface area contributed by atoms with Crippen molar-refractivity contribution in [3.05, 3.63) is 53.5 Å². The number of carbonyl (C=O) groups excluding carboxylic acids is 4. The minimum Gasteiger partial charge on any atom is -0.436 e. The maximum atomic E-state index is 13.7. The second kappa shape index (κ2) is 13.3. The highest BCUT2D eigenvalue weighted by molar-refractivity contribution is 7.93. The molecule has 4 rings (SSSR count). The van der Waals surface area contributed by atoms with Gasteiger partial charge in [0.05, 0.1) is 5.41 Å². The Kier molecular flexibility index (Phi) is 9.99. The van der Waals surface area contributed by atoms with Gasteiger partial charge in [-0.2, -0.15) is 0 Å². The van der Waals surface area contributed by atoms with Crippen LogP contribution in [0.25, 0.3) is 6.08 Å². The summed E-state index contributed by atoms with van der Waals surface area (Å²) in [7, 11) is -4.16. The Labute approximate surface area is 253 Å². The van der Waals surface area contributed by atoms with E-state index in [9.17, 15) is 27.6 Å². The van der Waals surface area contributed by atoms with Gasteiger partial charge in [0.1, 0.15) is 11.6 Å². The van der Waals surface area contributed by atoms with Crippen LogP contribution < -0.4 is 15.4 Å². The molecular formula is C31H42N4O7S. The predicted molar refractivity (Wildman–Crippen MR) is 162 cm³/mol. The summed E-state index contributed by atoms with van der Waals surface area (Å²) in [5.74, 6) is -2.21. The van der Waals surface area contributed by atoms with Gasteiger partial charge in [-0.15, -0.1) is 0 Å². The van der Waals surface area contributed by atoms with Crippen molar-refractivity contribution >= 4 is 39.9 Å². The van der Waals surface area contributed by atoms with E-state index in [1.54, 1.807) is 30.3 Å². The molecule has 0 spiro atoms. The molecule has 3 aliphatic rings. The van der Waals surface area contributed by atoms with E-state index in [1.807, 2.05) is 32.9 Å². The van der Waals surface area contributed by atoms with Crippen molar-refractivity contribution in [3.8, 4) is 0 Å². The molecule has 1 aromatic carbocycles. The lowest BCUT2D eigenvalue weighted by Gasteiger charge is -2.30. The van der Waals surface area contributed by atoms with Gasteiger partial charge < -0.3 is 20.3 Å². The fourth-order valence-corrected chi connectivity index (χ4v) is 6.33. The molecule has 1 saturated heterocycles. The maximum absolute atomic E-state index is 13.7. The van der Waals surface area contributed by atoms with Crippen LogP contribution in [-0.2, 0) is 29.1 Å². The number of nitrogens with one attached hydrogen (secondary N) is 3. The van der Waals surface area contributed by atoms with Crippen LogP contribution in [0.2, 0.25) is 0 Å². The zero-order valence-corrected chi connectivity index (χ0v) is 25.8. The summed E-state index contributed by atoms with van der Waals surface area (Å²) in [5, 5.41) is 6.44. The number of fused-ring (bicyclic) bond motifs is 2. The number of benzene rings is 1. The summed E-state index contributed by atoms with van der Waals surface area (Å²) in [4.78, 5) is 54.7. The van der Waals surface area contributed by atoms with Crippen LogP contribution in [0.1, 0.15) is 77.7 Å². The Morgan fingerprint density at radius 2 is 1.81 bits per heavy atom. The van der Waals surface area contributed by atoms with Crippen LogP contribution in [0.4, 0.5) is 4.79 Å². The normalized spacial score (nSPS) is 26.9. The lowest BCUT2D eigenvalue weighted by Crippen LogP contribution is -2.57. The number of alkyl carbamates (subject to hydrolysis) is 1. The van der Waals surface area contributed by atoms with Gasteiger partial charge in [-0.25, -0.2) is 17.9 Å². The van der Waals surface area contributed by atoms with Gasteiger partial charge in [0.2, 0.25) is 5.91 Å². The van der Waals surface area contributed by atoms with E-state index in [-0.39, 0.29) is 6.42 Å². The van der Waals surface area contributed by atoms with E-state index in [4.69, 9.17) is 4.74 Å². The molecule has 2 aliphatic heterocycles. The number of ether oxygens (including phenoxy) is 1. The fraction of sp³-hybridized carbons (Fsp3) is 0.548. The van der Waals surface area contributed by atoms with Gasteiger partial charge in [-0.1, -0.05) is 48.9 Å². The molecule has 3 N–H and O–H groups in total. The van der Waals surface area contributed by atoms with Crippen LogP contribution in [0.5, 0.6) is 0 Å². The van der Waals surface area contributed by atoms with E-state index in [2.05, 4.69) is 15.4 Å². The predicted octanol–water partition coefficient (Wildman–Crippen LogP) is 3.38. The third-order valence-electron chi connectivity index (χ3n) is 7.79. The Balaban J connectivity index is 1.53. The highest BCUT2D eigenvalue weighted by Crippen LogP contribution is 2.45. The van der Waals surface area contributed by atoms with Crippen LogP contribution in [0.3, 0.4) is 0 Å². The zero-order chi connectivity index (χ0) is 31.3. The highest BCUT2D eigenvalue weighted by atomic mass is 32.2. The first-order valence-electron chi connectivity index (χ1n) is 14.9. The van der Waals surface area contributed by atoms with Crippen molar-refractivity contribution in [2.45, 2.75) is 95.4 Å². The van der Waals surface area contributed by atoms with Crippen LogP contribution in [-0.4, -0.2) is 66.9 Å². The Morgan fingerprint density at radius 3 is 2.53 bits per heavy atom. The van der Waals surface area contributed by atoms with Crippen molar-refractivity contribution in [1.29, 1.82) is 0 Å². The first kappa shape index (κ1) is 32.2. The number of rotatable bonds is 5. The number of amides is 4. The molecule has 2 fully saturated rings. The van der Waals surface area contributed by atoms with Crippen molar-refractivity contribution in [1.82, 2.24) is 20.3 Å². The van der Waals surface area contributed by atoms with E-state index in [0.29, 0.717) is 44.2 Å². The Hall–Kier alpha value is -3.67. The molecule has 2 heterocycles. The summed E-state index contributed by atoms with van der Waals surface area (Å²) in [6, 6.07) is 7.93. The number of hydrogen-bond donors (Lipinski definition) is 3. The maximum Gasteiger partial charge on any atom is 0.408 e. The topological polar surface area (TPSA) is 151 Å². The number of allylic oxidation sites excluding steroid dienone is 1. The van der Waals surface area contributed by atoms with Gasteiger partial charge in [0.15, 0.2) is 6.10 Å². The van der Waals surface area contributed by atoms with Gasteiger partial charge >= 0.3 is 6.09 Å². The number of carbonyl (C=O) groups is 4. The molecule has 43 heavy (non-hydrogen) atoms. The third kappa shape index (κ3) is 8.68. The third-order valence-corrected chi connectivity index (χ3v) is 8.75. The molecule has 1 aliphatic carbocycles. The summed E-state index contributed by atoms with van der Waals surface area (Å²) >= 11 is 0. The minimum absolute atomic E-state index is 0.234. The lowest BCUT2D eigenvalue weighted by atomic mass is 10.1. The molecule has 1 aromatic rings. The molecule has 0 unspecified atom stereocenters. The van der Waals surface area contributed by atoms with Gasteiger partial charge in [0.25, 0.3) is 21.8 Å². The highest BCUT2D eigenvalue weighted by Gasteiger charge is 2.61. The molecule has 4 atom stereocenters. The van der Waals surface area contributed by atoms with Crippen molar-refractivity contribution in [3.63, 3.8) is 0 Å². The van der Waals surface area contributed by atoms with Crippen molar-refractivity contribution in [2.24, 2.45) is 5.92 Å². The van der Waals surface area contributed by atoms with Crippen LogP contribution >= 0.6 is 0 Å². The number of sulfonamides is 1. The SMILES string of the molecule is CC(C)(C)NC(=O)O[C@H]1CCCCCC=C[C@@H]2C[C@@]2(C(=O)NS(=O)(=O)C=Cc2ccccc2)NC(=O)[C@@H]2CCCN2C1=O. The molecule has 0 aromatic heterocycles. The van der Waals surface area contributed by atoms with E-state index in [1.165, 1.54) is 11.0 Å². The molecular weight excluding hydrogens is 572 g/mol. The standard InChI is InChI=1S/C31H42N4O7S/c1-30(2,3)33-29(39)42-25-17-11-6-4-5-10-15-23-21-31(23,32-26(36)24-16-12-19-35(24)27(25)37)28(38)34-43(40,41)20-18-22-13-8-7-9-14-22/h7-10,13-15,18,20,23-25H,4-6,11-12,16-17,19,21H2,1-3H3,(H,32,36)(H,33,39)(H,34,38)/t23-,24+,25+,31-/m1/s1. The lowest BCUT2D eigenvalue weighted by molar-refractivity contribution is -0.146. The second-order valence-electron chi connectivity index (χ2n) is 12.5. The molecule has 234 valence electrons. The molecule has 0 bridgehead atoms. The molecule has 11 nitrogen and oxygen atoms in total. The van der Waals surface area contributed by atoms with Gasteiger partial charge in [0, 0.05) is 18.0 Å². The quantitative estimate of drug-likeness (QED) is 0.430. The molecule has 12 heteroatoms. The summed E-state index contributed by atoms with van der Waals surface area (Å²) < 4.78 is 33.3. The van der Waals surface area contributed by atoms with Gasteiger partial charge in [-0.3, -0.25) is 14.4 Å². The van der Waals surface area contributed by atoms with Crippen molar-refractivity contribution < 1.29 is 32.3 Å². The van der Waals surface area contributed by atoms with Crippen LogP contribution in [0, 0.1) is 5.92 Å². The average molecular weight is 615 g/mol. The first-order chi connectivity index (χ1) is 20.3. The number of nitrogens with zero attached hydrogens (tertiary/aromatic N) is 1. The van der Waals surface area contributed by atoms with Gasteiger partial charge in [-0.05, 0) is 77.4 Å². The Morgan fingerprint density at radius 1 is 1.07 bits per heavy atom. The monoisotopic (exact) mass is 614 g/mol. The smallest absolute Gasteiger partial charge is 0.408 e.